The maximum absolute atomic E-state index is 11.2. The molecule has 0 saturated heterocycles. The molecule has 3 aromatic carbocycles. The largest absolute Gasteiger partial charge is 0.493 e. The number of rotatable bonds is 7. The first-order valence-electron chi connectivity index (χ1n) is 10.3. The van der Waals surface area contributed by atoms with Crippen molar-refractivity contribution in [3.8, 4) is 29.1 Å². The maximum atomic E-state index is 11.2. The van der Waals surface area contributed by atoms with Crippen LogP contribution in [0.15, 0.2) is 73.1 Å². The summed E-state index contributed by atoms with van der Waals surface area (Å²) in [5, 5.41) is 4.07. The van der Waals surface area contributed by atoms with Crippen molar-refractivity contribution in [1.82, 2.24) is 14.7 Å². The van der Waals surface area contributed by atoms with E-state index in [1.807, 2.05) is 66.7 Å². The second-order valence-electron chi connectivity index (χ2n) is 7.26. The van der Waals surface area contributed by atoms with E-state index in [0.29, 0.717) is 28.6 Å². The number of anilines is 2. The monoisotopic (exact) mass is 474 g/mol. The molecule has 4 aromatic rings. The van der Waals surface area contributed by atoms with E-state index in [2.05, 4.69) is 31.8 Å². The van der Waals surface area contributed by atoms with E-state index >= 15 is 0 Å². The molecule has 0 aliphatic heterocycles. The number of para-hydroxylation sites is 1. The summed E-state index contributed by atoms with van der Waals surface area (Å²) in [6.45, 7) is 0.0322. The van der Waals surface area contributed by atoms with Gasteiger partial charge in [-0.2, -0.15) is 0 Å². The Balaban J connectivity index is 1.58. The highest BCUT2D eigenvalue weighted by Gasteiger charge is 2.10. The number of benzene rings is 3. The zero-order valence-electron chi connectivity index (χ0n) is 18.6. The Morgan fingerprint density at radius 1 is 0.971 bits per heavy atom. The third-order valence-corrected chi connectivity index (χ3v) is 5.36. The lowest BCUT2D eigenvalue weighted by Crippen LogP contribution is -2.21. The van der Waals surface area contributed by atoms with E-state index in [-0.39, 0.29) is 6.54 Å². The van der Waals surface area contributed by atoms with Gasteiger partial charge in [0.1, 0.15) is 17.9 Å². The van der Waals surface area contributed by atoms with Gasteiger partial charge in [-0.1, -0.05) is 30.0 Å². The number of ether oxygens (including phenoxy) is 2. The number of sulfonamides is 1. The Morgan fingerprint density at radius 2 is 1.79 bits per heavy atom. The van der Waals surface area contributed by atoms with Crippen LogP contribution in [0.2, 0.25) is 0 Å². The first-order chi connectivity index (χ1) is 16.4. The van der Waals surface area contributed by atoms with Crippen LogP contribution in [-0.2, 0) is 10.0 Å². The molecule has 172 valence electrons. The Kier molecular flexibility index (Phi) is 6.92. The summed E-state index contributed by atoms with van der Waals surface area (Å²) in [5.74, 6) is 8.22. The van der Waals surface area contributed by atoms with Crippen molar-refractivity contribution >= 4 is 32.4 Å². The van der Waals surface area contributed by atoms with Gasteiger partial charge >= 0.3 is 0 Å². The fourth-order valence-corrected chi connectivity index (χ4v) is 3.46. The first kappa shape index (κ1) is 23.0. The Hall–Kier alpha value is -4.13. The van der Waals surface area contributed by atoms with Crippen LogP contribution >= 0.6 is 0 Å². The van der Waals surface area contributed by atoms with Gasteiger partial charge < -0.3 is 14.8 Å². The topological polar surface area (TPSA) is 102 Å². The minimum atomic E-state index is -3.28. The highest BCUT2D eigenvalue weighted by atomic mass is 32.2. The van der Waals surface area contributed by atoms with Gasteiger partial charge in [0.15, 0.2) is 11.5 Å². The molecule has 8 nitrogen and oxygen atoms in total. The number of nitrogens with one attached hydrogen (secondary N) is 2. The van der Waals surface area contributed by atoms with Crippen LogP contribution in [0, 0.1) is 11.8 Å². The summed E-state index contributed by atoms with van der Waals surface area (Å²) in [6, 6.07) is 20.5. The van der Waals surface area contributed by atoms with Crippen LogP contribution < -0.4 is 19.5 Å². The minimum absolute atomic E-state index is 0.0322. The van der Waals surface area contributed by atoms with Crippen molar-refractivity contribution in [2.45, 2.75) is 0 Å². The molecule has 0 radical (unpaired) electrons. The van der Waals surface area contributed by atoms with Crippen LogP contribution in [0.5, 0.6) is 17.2 Å². The summed E-state index contributed by atoms with van der Waals surface area (Å²) in [7, 11) is -1.70. The molecule has 9 heteroatoms. The molecule has 0 atom stereocenters. The van der Waals surface area contributed by atoms with Crippen LogP contribution in [0.4, 0.5) is 11.5 Å². The van der Waals surface area contributed by atoms with Crippen LogP contribution in [-0.4, -0.2) is 38.3 Å². The molecule has 0 bridgehead atoms. The van der Waals surface area contributed by atoms with Crippen LogP contribution in [0.3, 0.4) is 0 Å². The van der Waals surface area contributed by atoms with E-state index in [1.54, 1.807) is 7.11 Å². The lowest BCUT2D eigenvalue weighted by Gasteiger charge is -2.13. The Bertz CT molecular complexity index is 1480. The molecule has 1 aromatic heterocycles. The van der Waals surface area contributed by atoms with Gasteiger partial charge in [0.05, 0.1) is 25.4 Å². The van der Waals surface area contributed by atoms with Gasteiger partial charge in [0.25, 0.3) is 0 Å². The van der Waals surface area contributed by atoms with Gasteiger partial charge in [-0.3, -0.25) is 0 Å². The molecule has 0 aliphatic rings. The molecule has 4 rings (SSSR count). The SMILES string of the molecule is COc1cc(Nc2ncnc3ccc(C#CCNS(C)(=O)=O)cc23)ccc1Oc1ccccc1. The molecule has 0 spiro atoms. The maximum Gasteiger partial charge on any atom is 0.209 e. The predicted molar refractivity (Wildman–Crippen MR) is 132 cm³/mol. The molecule has 0 unspecified atom stereocenters. The van der Waals surface area contributed by atoms with E-state index in [4.69, 9.17) is 9.47 Å². The first-order valence-corrected chi connectivity index (χ1v) is 12.2. The van der Waals surface area contributed by atoms with Crippen LogP contribution in [0.25, 0.3) is 10.9 Å². The molecule has 1 heterocycles. The summed E-state index contributed by atoms with van der Waals surface area (Å²) in [5.41, 5.74) is 2.21. The molecule has 0 amide bonds. The second kappa shape index (κ2) is 10.2. The Morgan fingerprint density at radius 3 is 2.56 bits per heavy atom. The van der Waals surface area contributed by atoms with E-state index in [0.717, 1.165) is 22.8 Å². The number of fused-ring (bicyclic) bond motifs is 1. The summed E-state index contributed by atoms with van der Waals surface area (Å²) in [6.07, 6.45) is 2.57. The van der Waals surface area contributed by atoms with E-state index in [9.17, 15) is 8.42 Å². The lowest BCUT2D eigenvalue weighted by molar-refractivity contribution is 0.379. The van der Waals surface area contributed by atoms with Crippen molar-refractivity contribution in [2.24, 2.45) is 0 Å². The van der Waals surface area contributed by atoms with E-state index in [1.165, 1.54) is 6.33 Å². The van der Waals surface area contributed by atoms with Gasteiger partial charge in [-0.15, -0.1) is 0 Å². The summed E-state index contributed by atoms with van der Waals surface area (Å²) >= 11 is 0. The fraction of sp³-hybridized carbons (Fsp3) is 0.120. The highest BCUT2D eigenvalue weighted by molar-refractivity contribution is 7.88. The second-order valence-corrected chi connectivity index (χ2v) is 9.09. The number of hydrogen-bond donors (Lipinski definition) is 2. The zero-order valence-corrected chi connectivity index (χ0v) is 19.4. The summed E-state index contributed by atoms with van der Waals surface area (Å²) < 4.78 is 36.1. The normalized spacial score (nSPS) is 10.9. The fourth-order valence-electron chi connectivity index (χ4n) is 3.13. The van der Waals surface area contributed by atoms with Gasteiger partial charge in [-0.25, -0.2) is 23.1 Å². The standard InChI is InChI=1S/C25H22N4O4S/c1-32-24-16-19(11-13-23(24)33-20-8-4-3-5-9-20)29-25-21-15-18(7-6-14-28-34(2,30)31)10-12-22(21)26-17-27-25/h3-5,8-13,15-17,28H,14H2,1-2H3,(H,26,27,29). The smallest absolute Gasteiger partial charge is 0.209 e. The third kappa shape index (κ3) is 6.01. The number of nitrogens with zero attached hydrogens (tertiary/aromatic N) is 2. The van der Waals surface area contributed by atoms with Crippen molar-refractivity contribution in [1.29, 1.82) is 0 Å². The number of methoxy groups -OCH3 is 1. The lowest BCUT2D eigenvalue weighted by atomic mass is 10.1. The third-order valence-electron chi connectivity index (χ3n) is 4.69. The molecular weight excluding hydrogens is 452 g/mol. The van der Waals surface area contributed by atoms with Gasteiger partial charge in [0.2, 0.25) is 10.0 Å². The molecule has 34 heavy (non-hydrogen) atoms. The molecule has 0 fully saturated rings. The molecule has 0 aliphatic carbocycles. The van der Waals surface area contributed by atoms with Crippen molar-refractivity contribution in [3.05, 3.63) is 78.6 Å². The average molecular weight is 475 g/mol. The number of hydrogen-bond acceptors (Lipinski definition) is 7. The predicted octanol–water partition coefficient (Wildman–Crippen LogP) is 4.08. The van der Waals surface area contributed by atoms with E-state index < -0.39 is 10.0 Å². The van der Waals surface area contributed by atoms with Gasteiger partial charge in [-0.05, 0) is 42.5 Å². The highest BCUT2D eigenvalue weighted by Crippen LogP contribution is 2.35. The quantitative estimate of drug-likeness (QED) is 0.389. The van der Waals surface area contributed by atoms with Crippen molar-refractivity contribution < 1.29 is 17.9 Å². The Labute approximate surface area is 198 Å². The number of aromatic nitrogens is 2. The van der Waals surface area contributed by atoms with Crippen molar-refractivity contribution in [2.75, 3.05) is 25.2 Å². The summed E-state index contributed by atoms with van der Waals surface area (Å²) in [4.78, 5) is 8.70. The van der Waals surface area contributed by atoms with Crippen LogP contribution in [0.1, 0.15) is 5.56 Å². The molecular formula is C25H22N4O4S. The van der Waals surface area contributed by atoms with Crippen molar-refractivity contribution in [3.63, 3.8) is 0 Å². The molecule has 2 N–H and O–H groups in total. The van der Waals surface area contributed by atoms with Gasteiger partial charge in [0, 0.05) is 22.7 Å². The average Bonchev–Trinajstić information content (AvgIpc) is 2.83. The zero-order chi connectivity index (χ0) is 24.0. The molecule has 0 saturated carbocycles. The minimum Gasteiger partial charge on any atom is -0.493 e.